The molecule has 4 rings (SSSR count). The first kappa shape index (κ1) is 18.0. The molecule has 1 saturated heterocycles. The summed E-state index contributed by atoms with van der Waals surface area (Å²) in [7, 11) is 0. The van der Waals surface area contributed by atoms with Crippen LogP contribution < -0.4 is 5.73 Å². The summed E-state index contributed by atoms with van der Waals surface area (Å²) < 4.78 is 0. The van der Waals surface area contributed by atoms with E-state index >= 15 is 0 Å². The Balaban J connectivity index is 0.000000960. The first-order chi connectivity index (χ1) is 10.1. The summed E-state index contributed by atoms with van der Waals surface area (Å²) >= 11 is 0. The van der Waals surface area contributed by atoms with Crippen molar-refractivity contribution in [2.24, 2.45) is 17.6 Å². The third-order valence-corrected chi connectivity index (χ3v) is 5.05. The Labute approximate surface area is 147 Å². The highest BCUT2D eigenvalue weighted by Gasteiger charge is 2.42. The molecule has 1 amide bonds. The maximum atomic E-state index is 12.7. The fourth-order valence-electron chi connectivity index (χ4n) is 3.79. The van der Waals surface area contributed by atoms with Crippen LogP contribution in [0.1, 0.15) is 28.9 Å². The van der Waals surface area contributed by atoms with E-state index in [1.165, 1.54) is 0 Å². The van der Waals surface area contributed by atoms with Gasteiger partial charge in [-0.05, 0) is 37.7 Å². The van der Waals surface area contributed by atoms with Gasteiger partial charge in [-0.25, -0.2) is 4.98 Å². The minimum Gasteiger partial charge on any atom is -0.338 e. The van der Waals surface area contributed by atoms with E-state index in [0.717, 1.165) is 37.0 Å². The Hall–Kier alpha value is -1.37. The second kappa shape index (κ2) is 6.63. The number of likely N-dealkylation sites (tertiary alicyclic amines) is 1. The predicted octanol–water partition coefficient (Wildman–Crippen LogP) is 1.92. The molecule has 1 aliphatic carbocycles. The van der Waals surface area contributed by atoms with Crippen molar-refractivity contribution < 1.29 is 4.79 Å². The molecule has 3 heterocycles. The molecule has 1 aliphatic heterocycles. The van der Waals surface area contributed by atoms with Crippen LogP contribution in [-0.4, -0.2) is 45.1 Å². The molecule has 126 valence electrons. The molecule has 0 spiro atoms. The van der Waals surface area contributed by atoms with Crippen LogP contribution in [0.2, 0.25) is 0 Å². The number of aromatic amines is 1. The van der Waals surface area contributed by atoms with Crippen molar-refractivity contribution in [1.29, 1.82) is 0 Å². The number of aromatic nitrogens is 3. The van der Waals surface area contributed by atoms with Crippen LogP contribution in [-0.2, 0) is 0 Å². The number of pyridine rings is 1. The van der Waals surface area contributed by atoms with Crippen molar-refractivity contribution in [3.05, 3.63) is 23.5 Å². The molecule has 2 aromatic heterocycles. The highest BCUT2D eigenvalue weighted by molar-refractivity contribution is 5.97. The van der Waals surface area contributed by atoms with Crippen LogP contribution in [0.3, 0.4) is 0 Å². The van der Waals surface area contributed by atoms with Crippen molar-refractivity contribution >= 4 is 41.8 Å². The van der Waals surface area contributed by atoms with Gasteiger partial charge in [0.25, 0.3) is 5.91 Å². The number of aryl methyl sites for hydroxylation is 1. The lowest BCUT2D eigenvalue weighted by atomic mass is 9.98. The Bertz CT molecular complexity index is 719. The van der Waals surface area contributed by atoms with Gasteiger partial charge in [0.1, 0.15) is 0 Å². The Morgan fingerprint density at radius 3 is 2.87 bits per heavy atom. The lowest BCUT2D eigenvalue weighted by molar-refractivity contribution is 0.0779. The number of H-pyrrole nitrogens is 1. The van der Waals surface area contributed by atoms with Gasteiger partial charge in [-0.15, -0.1) is 24.8 Å². The third-order valence-electron chi connectivity index (χ3n) is 5.05. The smallest absolute Gasteiger partial charge is 0.255 e. The number of amides is 1. The van der Waals surface area contributed by atoms with E-state index in [4.69, 9.17) is 5.73 Å². The molecule has 0 aromatic carbocycles. The van der Waals surface area contributed by atoms with Gasteiger partial charge in [-0.1, -0.05) is 0 Å². The Morgan fingerprint density at radius 2 is 2.13 bits per heavy atom. The Morgan fingerprint density at radius 1 is 1.35 bits per heavy atom. The van der Waals surface area contributed by atoms with E-state index in [0.29, 0.717) is 23.0 Å². The quantitative estimate of drug-likeness (QED) is 0.815. The molecule has 2 fully saturated rings. The number of rotatable bonds is 1. The molecular weight excluding hydrogens is 337 g/mol. The van der Waals surface area contributed by atoms with Gasteiger partial charge in [0.15, 0.2) is 5.65 Å². The number of nitrogens with two attached hydrogens (primary N) is 1. The van der Waals surface area contributed by atoms with E-state index in [1.54, 1.807) is 6.20 Å². The lowest BCUT2D eigenvalue weighted by Crippen LogP contribution is -2.33. The maximum absolute atomic E-state index is 12.7. The minimum absolute atomic E-state index is 0. The predicted molar refractivity (Wildman–Crippen MR) is 93.2 cm³/mol. The van der Waals surface area contributed by atoms with Crippen molar-refractivity contribution in [3.63, 3.8) is 0 Å². The van der Waals surface area contributed by atoms with Crippen molar-refractivity contribution in [2.75, 3.05) is 13.1 Å². The molecule has 0 bridgehead atoms. The molecule has 3 unspecified atom stereocenters. The number of hydrogen-bond donors (Lipinski definition) is 2. The summed E-state index contributed by atoms with van der Waals surface area (Å²) in [5, 5.41) is 7.91. The van der Waals surface area contributed by atoms with E-state index in [-0.39, 0.29) is 36.8 Å². The first-order valence-electron chi connectivity index (χ1n) is 7.49. The molecule has 0 radical (unpaired) electrons. The molecular formula is C15H21Cl2N5O. The van der Waals surface area contributed by atoms with Crippen molar-refractivity contribution in [2.45, 2.75) is 25.8 Å². The average molecular weight is 358 g/mol. The molecule has 2 aromatic rings. The SMILES string of the molecule is Cc1[nH]nc2ncc(C(=O)N3CC4CCC(N)C4C3)cc12.Cl.Cl. The topological polar surface area (TPSA) is 87.9 Å². The van der Waals surface area contributed by atoms with Crippen LogP contribution in [0.15, 0.2) is 12.3 Å². The first-order valence-corrected chi connectivity index (χ1v) is 7.49. The van der Waals surface area contributed by atoms with E-state index in [2.05, 4.69) is 15.2 Å². The zero-order chi connectivity index (χ0) is 14.6. The fourth-order valence-corrected chi connectivity index (χ4v) is 3.79. The molecule has 23 heavy (non-hydrogen) atoms. The van der Waals surface area contributed by atoms with Gasteiger partial charge in [0, 0.05) is 36.4 Å². The molecule has 8 heteroatoms. The second-order valence-electron chi connectivity index (χ2n) is 6.32. The van der Waals surface area contributed by atoms with Gasteiger partial charge < -0.3 is 10.6 Å². The number of nitrogens with one attached hydrogen (secondary N) is 1. The van der Waals surface area contributed by atoms with Gasteiger partial charge in [-0.3, -0.25) is 9.89 Å². The highest BCUT2D eigenvalue weighted by atomic mass is 35.5. The zero-order valence-electron chi connectivity index (χ0n) is 12.9. The second-order valence-corrected chi connectivity index (χ2v) is 6.32. The summed E-state index contributed by atoms with van der Waals surface area (Å²) in [6.45, 7) is 3.55. The fraction of sp³-hybridized carbons (Fsp3) is 0.533. The normalized spacial score (nSPS) is 25.8. The van der Waals surface area contributed by atoms with Crippen LogP contribution in [0.4, 0.5) is 0 Å². The summed E-state index contributed by atoms with van der Waals surface area (Å²) in [5.41, 5.74) is 8.37. The lowest BCUT2D eigenvalue weighted by Gasteiger charge is -2.18. The van der Waals surface area contributed by atoms with Crippen LogP contribution in [0.5, 0.6) is 0 Å². The van der Waals surface area contributed by atoms with E-state index in [1.807, 2.05) is 17.9 Å². The van der Waals surface area contributed by atoms with Crippen LogP contribution in [0, 0.1) is 18.8 Å². The summed E-state index contributed by atoms with van der Waals surface area (Å²) in [6, 6.07) is 2.14. The molecule has 3 atom stereocenters. The summed E-state index contributed by atoms with van der Waals surface area (Å²) in [6.07, 6.45) is 3.87. The van der Waals surface area contributed by atoms with Gasteiger partial charge in [-0.2, -0.15) is 5.10 Å². The number of carbonyl (C=O) groups is 1. The monoisotopic (exact) mass is 357 g/mol. The number of fused-ring (bicyclic) bond motifs is 2. The maximum Gasteiger partial charge on any atom is 0.255 e. The minimum atomic E-state index is 0. The zero-order valence-corrected chi connectivity index (χ0v) is 14.5. The molecule has 6 nitrogen and oxygen atoms in total. The van der Waals surface area contributed by atoms with Gasteiger partial charge in [0.2, 0.25) is 0 Å². The van der Waals surface area contributed by atoms with Crippen molar-refractivity contribution in [1.82, 2.24) is 20.1 Å². The molecule has 1 saturated carbocycles. The number of hydrogen-bond acceptors (Lipinski definition) is 4. The van der Waals surface area contributed by atoms with Crippen LogP contribution in [0.25, 0.3) is 11.0 Å². The summed E-state index contributed by atoms with van der Waals surface area (Å²) in [4.78, 5) is 18.9. The molecule has 3 N–H and O–H groups in total. The third kappa shape index (κ3) is 2.91. The van der Waals surface area contributed by atoms with E-state index in [9.17, 15) is 4.79 Å². The Kier molecular flexibility index (Phi) is 5.18. The van der Waals surface area contributed by atoms with E-state index < -0.39 is 0 Å². The van der Waals surface area contributed by atoms with Crippen molar-refractivity contribution in [3.8, 4) is 0 Å². The number of carbonyl (C=O) groups excluding carboxylic acids is 1. The van der Waals surface area contributed by atoms with Crippen LogP contribution >= 0.6 is 24.8 Å². The standard InChI is InChI=1S/C15H19N5O.2ClH/c1-8-11-4-10(5-17-14(11)19-18-8)15(21)20-6-9-2-3-13(16)12(9)7-20;;/h4-5,9,12-13H,2-3,6-7,16H2,1H3,(H,17,18,19);2*1H. The highest BCUT2D eigenvalue weighted by Crippen LogP contribution is 2.37. The number of halogens is 2. The molecule has 2 aliphatic rings. The number of nitrogens with zero attached hydrogens (tertiary/aromatic N) is 3. The largest absolute Gasteiger partial charge is 0.338 e. The average Bonchev–Trinajstić information content (AvgIpc) is 3.16. The summed E-state index contributed by atoms with van der Waals surface area (Å²) in [5.74, 6) is 1.12. The van der Waals surface area contributed by atoms with Gasteiger partial charge >= 0.3 is 0 Å². The van der Waals surface area contributed by atoms with Gasteiger partial charge in [0.05, 0.1) is 5.56 Å².